The summed E-state index contributed by atoms with van der Waals surface area (Å²) in [5.74, 6) is -1.04. The molecule has 0 unspecified atom stereocenters. The van der Waals surface area contributed by atoms with Crippen molar-refractivity contribution >= 4 is 47.3 Å². The maximum Gasteiger partial charge on any atom is 0.330 e. The molecule has 2 aromatic rings. The molecule has 0 saturated heterocycles. The fourth-order valence-electron chi connectivity index (χ4n) is 1.86. The summed E-state index contributed by atoms with van der Waals surface area (Å²) in [6, 6.07) is 14.0. The van der Waals surface area contributed by atoms with Crippen LogP contribution in [0.1, 0.15) is 11.1 Å². The van der Waals surface area contributed by atoms with Crippen molar-refractivity contribution < 1.29 is 19.1 Å². The van der Waals surface area contributed by atoms with E-state index in [1.54, 1.807) is 60.7 Å². The molecular weight excluding hydrogens is 375 g/mol. The first-order valence-corrected chi connectivity index (χ1v) is 8.49. The molecule has 0 fully saturated rings. The predicted octanol–water partition coefficient (Wildman–Crippen LogP) is 4.81. The van der Waals surface area contributed by atoms with E-state index in [1.807, 2.05) is 0 Å². The molecule has 0 saturated carbocycles. The lowest BCUT2D eigenvalue weighted by Gasteiger charge is -2.02. The second kappa shape index (κ2) is 10.4. The molecule has 0 aliphatic carbocycles. The summed E-state index contributed by atoms with van der Waals surface area (Å²) in [6.07, 6.45) is 5.82. The van der Waals surface area contributed by atoms with Gasteiger partial charge in [-0.2, -0.15) is 0 Å². The van der Waals surface area contributed by atoms with Crippen molar-refractivity contribution in [3.63, 3.8) is 0 Å². The number of benzene rings is 2. The molecule has 26 heavy (non-hydrogen) atoms. The quantitative estimate of drug-likeness (QED) is 0.386. The van der Waals surface area contributed by atoms with E-state index in [4.69, 9.17) is 32.7 Å². The average molecular weight is 391 g/mol. The molecule has 0 aliphatic heterocycles. The molecule has 6 heteroatoms. The average Bonchev–Trinajstić information content (AvgIpc) is 2.64. The lowest BCUT2D eigenvalue weighted by atomic mass is 10.2. The summed E-state index contributed by atoms with van der Waals surface area (Å²) in [6.45, 7) is -0.0470. The van der Waals surface area contributed by atoms with E-state index >= 15 is 0 Å². The number of carbonyl (C=O) groups is 2. The van der Waals surface area contributed by atoms with Gasteiger partial charge in [-0.05, 0) is 47.5 Å². The molecular formula is C20H16Cl2O4. The third kappa shape index (κ3) is 7.55. The molecule has 0 heterocycles. The van der Waals surface area contributed by atoms with E-state index in [9.17, 15) is 9.59 Å². The largest absolute Gasteiger partial charge is 0.459 e. The van der Waals surface area contributed by atoms with Crippen LogP contribution in [-0.4, -0.2) is 25.2 Å². The van der Waals surface area contributed by atoms with E-state index < -0.39 is 11.9 Å². The van der Waals surface area contributed by atoms with Crippen molar-refractivity contribution in [1.29, 1.82) is 0 Å². The molecule has 0 amide bonds. The van der Waals surface area contributed by atoms with Crippen LogP contribution in [0.25, 0.3) is 12.2 Å². The van der Waals surface area contributed by atoms with Crippen molar-refractivity contribution in [3.05, 3.63) is 81.9 Å². The van der Waals surface area contributed by atoms with Crippen LogP contribution in [0.15, 0.2) is 60.7 Å². The van der Waals surface area contributed by atoms with Crippen LogP contribution in [0.2, 0.25) is 10.0 Å². The summed E-state index contributed by atoms with van der Waals surface area (Å²) < 4.78 is 9.89. The highest BCUT2D eigenvalue weighted by atomic mass is 35.5. The summed E-state index contributed by atoms with van der Waals surface area (Å²) in [7, 11) is 0. The molecule has 0 N–H and O–H groups in total. The summed E-state index contributed by atoms with van der Waals surface area (Å²) in [4.78, 5) is 23.1. The van der Waals surface area contributed by atoms with Gasteiger partial charge in [0, 0.05) is 22.2 Å². The van der Waals surface area contributed by atoms with Gasteiger partial charge in [-0.15, -0.1) is 0 Å². The minimum absolute atomic E-state index is 0.0235. The van der Waals surface area contributed by atoms with E-state index in [1.165, 1.54) is 12.2 Å². The van der Waals surface area contributed by atoms with Crippen molar-refractivity contribution in [1.82, 2.24) is 0 Å². The second-order valence-corrected chi connectivity index (χ2v) is 5.98. The number of hydrogen-bond donors (Lipinski definition) is 0. The van der Waals surface area contributed by atoms with Crippen LogP contribution >= 0.6 is 23.2 Å². The first-order chi connectivity index (χ1) is 12.5. The lowest BCUT2D eigenvalue weighted by molar-refractivity contribution is -0.145. The Hall–Kier alpha value is -2.56. The number of ether oxygens (including phenoxy) is 2. The van der Waals surface area contributed by atoms with Crippen molar-refractivity contribution in [2.24, 2.45) is 0 Å². The van der Waals surface area contributed by atoms with Gasteiger partial charge >= 0.3 is 11.9 Å². The fourth-order valence-corrected chi connectivity index (χ4v) is 2.11. The number of carbonyl (C=O) groups excluding carboxylic acids is 2. The van der Waals surface area contributed by atoms with Gasteiger partial charge < -0.3 is 9.47 Å². The van der Waals surface area contributed by atoms with E-state index in [0.717, 1.165) is 11.1 Å². The molecule has 2 aromatic carbocycles. The second-order valence-electron chi connectivity index (χ2n) is 5.10. The Morgan fingerprint density at radius 1 is 0.692 bits per heavy atom. The first-order valence-electron chi connectivity index (χ1n) is 7.74. The van der Waals surface area contributed by atoms with Crippen LogP contribution < -0.4 is 0 Å². The van der Waals surface area contributed by atoms with Crippen molar-refractivity contribution in [3.8, 4) is 0 Å². The summed E-state index contributed by atoms with van der Waals surface area (Å²) >= 11 is 11.6. The SMILES string of the molecule is O=C(/C=C/c1ccc(Cl)cc1)OCCOC(=O)/C=C/c1ccc(Cl)cc1. The number of halogens is 2. The number of hydrogen-bond acceptors (Lipinski definition) is 4. The fraction of sp³-hybridized carbons (Fsp3) is 0.100. The molecule has 0 atom stereocenters. The molecule has 0 spiro atoms. The molecule has 4 nitrogen and oxygen atoms in total. The molecule has 0 bridgehead atoms. The van der Waals surface area contributed by atoms with E-state index in [-0.39, 0.29) is 13.2 Å². The highest BCUT2D eigenvalue weighted by Gasteiger charge is 2.00. The molecule has 2 rings (SSSR count). The van der Waals surface area contributed by atoms with Gasteiger partial charge in [0.2, 0.25) is 0 Å². The Morgan fingerprint density at radius 2 is 1.04 bits per heavy atom. The molecule has 0 aromatic heterocycles. The summed E-state index contributed by atoms with van der Waals surface area (Å²) in [5.41, 5.74) is 1.65. The lowest BCUT2D eigenvalue weighted by Crippen LogP contribution is -2.11. The maximum absolute atomic E-state index is 11.6. The van der Waals surface area contributed by atoms with Crippen LogP contribution in [0.5, 0.6) is 0 Å². The van der Waals surface area contributed by atoms with Crippen molar-refractivity contribution in [2.45, 2.75) is 0 Å². The normalized spacial score (nSPS) is 11.0. The topological polar surface area (TPSA) is 52.6 Å². The summed E-state index contributed by atoms with van der Waals surface area (Å²) in [5, 5.41) is 1.24. The van der Waals surface area contributed by atoms with Crippen molar-refractivity contribution in [2.75, 3.05) is 13.2 Å². The number of rotatable bonds is 7. The minimum atomic E-state index is -0.521. The number of esters is 2. The highest BCUT2D eigenvalue weighted by Crippen LogP contribution is 2.11. The zero-order chi connectivity index (χ0) is 18.8. The van der Waals surface area contributed by atoms with Crippen LogP contribution in [0.3, 0.4) is 0 Å². The van der Waals surface area contributed by atoms with Gasteiger partial charge in [0.15, 0.2) is 0 Å². The van der Waals surface area contributed by atoms with E-state index in [0.29, 0.717) is 10.0 Å². The monoisotopic (exact) mass is 390 g/mol. The maximum atomic E-state index is 11.6. The Bertz CT molecular complexity index is 724. The zero-order valence-corrected chi connectivity index (χ0v) is 15.2. The van der Waals surface area contributed by atoms with Gasteiger partial charge in [-0.25, -0.2) is 9.59 Å². The van der Waals surface area contributed by atoms with Gasteiger partial charge in [0.25, 0.3) is 0 Å². The van der Waals surface area contributed by atoms with E-state index in [2.05, 4.69) is 0 Å². The van der Waals surface area contributed by atoms with Gasteiger partial charge in [0.1, 0.15) is 13.2 Å². The molecule has 134 valence electrons. The Labute approximate surface area is 161 Å². The molecule has 0 radical (unpaired) electrons. The van der Waals surface area contributed by atoms with Crippen LogP contribution in [-0.2, 0) is 19.1 Å². The highest BCUT2D eigenvalue weighted by molar-refractivity contribution is 6.30. The Morgan fingerprint density at radius 3 is 1.38 bits per heavy atom. The van der Waals surface area contributed by atoms with Gasteiger partial charge in [-0.1, -0.05) is 47.5 Å². The first kappa shape index (κ1) is 19.8. The van der Waals surface area contributed by atoms with Gasteiger partial charge in [0.05, 0.1) is 0 Å². The minimum Gasteiger partial charge on any atom is -0.459 e. The predicted molar refractivity (Wildman–Crippen MR) is 103 cm³/mol. The third-order valence-corrected chi connectivity index (χ3v) is 3.64. The third-order valence-electron chi connectivity index (χ3n) is 3.14. The zero-order valence-electron chi connectivity index (χ0n) is 13.7. The van der Waals surface area contributed by atoms with Gasteiger partial charge in [-0.3, -0.25) is 0 Å². The Balaban J connectivity index is 1.66. The van der Waals surface area contributed by atoms with Crippen LogP contribution in [0, 0.1) is 0 Å². The standard InChI is InChI=1S/C20H16Cl2O4/c21-17-7-1-15(2-8-17)5-11-19(23)25-13-14-26-20(24)12-6-16-3-9-18(22)10-4-16/h1-12H,13-14H2/b11-5+,12-6+. The molecule has 0 aliphatic rings. The van der Waals surface area contributed by atoms with Crippen LogP contribution in [0.4, 0.5) is 0 Å². The Kier molecular flexibility index (Phi) is 7.93. The smallest absolute Gasteiger partial charge is 0.330 e.